The van der Waals surface area contributed by atoms with E-state index in [-0.39, 0.29) is 6.10 Å². The quantitative estimate of drug-likeness (QED) is 0.861. The molecule has 0 spiro atoms. The highest BCUT2D eigenvalue weighted by Crippen LogP contribution is 2.22. The fourth-order valence-electron chi connectivity index (χ4n) is 2.08. The average Bonchev–Trinajstić information content (AvgIpc) is 2.40. The van der Waals surface area contributed by atoms with Crippen molar-refractivity contribution < 1.29 is 9.47 Å². The van der Waals surface area contributed by atoms with E-state index in [9.17, 15) is 0 Å². The molecule has 0 amide bonds. The molecule has 0 bridgehead atoms. The molecule has 1 fully saturated rings. The highest BCUT2D eigenvalue weighted by atomic mass is 16.5. The van der Waals surface area contributed by atoms with Crippen molar-refractivity contribution in [3.05, 3.63) is 35.9 Å². The predicted octanol–water partition coefficient (Wildman–Crippen LogP) is 1.87. The first-order valence-electron chi connectivity index (χ1n) is 5.95. The number of benzene rings is 1. The van der Waals surface area contributed by atoms with Crippen LogP contribution in [0.4, 0.5) is 0 Å². The lowest BCUT2D eigenvalue weighted by molar-refractivity contribution is 0.0292. The van der Waals surface area contributed by atoms with E-state index >= 15 is 0 Å². The van der Waals surface area contributed by atoms with Crippen molar-refractivity contribution in [3.63, 3.8) is 0 Å². The van der Waals surface area contributed by atoms with Crippen LogP contribution in [-0.4, -0.2) is 32.9 Å². The van der Waals surface area contributed by atoms with E-state index in [4.69, 9.17) is 9.47 Å². The maximum atomic E-state index is 5.69. The number of hydrogen-bond donors (Lipinski definition) is 1. The molecule has 1 N–H and O–H groups in total. The first-order chi connectivity index (χ1) is 8.33. The zero-order chi connectivity index (χ0) is 12.1. The number of ether oxygens (including phenoxy) is 2. The van der Waals surface area contributed by atoms with Gasteiger partial charge in [-0.05, 0) is 24.1 Å². The molecule has 1 heterocycles. The molecule has 1 atom stereocenters. The van der Waals surface area contributed by atoms with E-state index in [1.54, 1.807) is 7.11 Å². The van der Waals surface area contributed by atoms with Gasteiger partial charge in [-0.15, -0.1) is 0 Å². The van der Waals surface area contributed by atoms with Crippen LogP contribution >= 0.6 is 0 Å². The van der Waals surface area contributed by atoms with Crippen LogP contribution in [0.25, 0.3) is 6.08 Å². The molecule has 1 aromatic carbocycles. The Morgan fingerprint density at radius 3 is 3.12 bits per heavy atom. The second-order valence-electron chi connectivity index (χ2n) is 4.18. The molecule has 1 aliphatic heterocycles. The van der Waals surface area contributed by atoms with E-state index in [2.05, 4.69) is 24.0 Å². The van der Waals surface area contributed by atoms with E-state index < -0.39 is 0 Å². The summed E-state index contributed by atoms with van der Waals surface area (Å²) in [6.45, 7) is 6.49. The van der Waals surface area contributed by atoms with E-state index in [0.29, 0.717) is 0 Å². The normalized spacial score (nSPS) is 19.9. The van der Waals surface area contributed by atoms with Gasteiger partial charge in [-0.2, -0.15) is 0 Å². The largest absolute Gasteiger partial charge is 0.496 e. The van der Waals surface area contributed by atoms with E-state index in [1.165, 1.54) is 5.56 Å². The van der Waals surface area contributed by atoms with Crippen LogP contribution < -0.4 is 10.1 Å². The number of methoxy groups -OCH3 is 1. The molecule has 17 heavy (non-hydrogen) atoms. The zero-order valence-electron chi connectivity index (χ0n) is 10.2. The summed E-state index contributed by atoms with van der Waals surface area (Å²) in [5.41, 5.74) is 2.29. The second-order valence-corrected chi connectivity index (χ2v) is 4.18. The fourth-order valence-corrected chi connectivity index (χ4v) is 2.08. The lowest BCUT2D eigenvalue weighted by atomic mass is 10.0. The van der Waals surface area contributed by atoms with Crippen molar-refractivity contribution in [1.29, 1.82) is 0 Å². The summed E-state index contributed by atoms with van der Waals surface area (Å²) in [6.07, 6.45) is 3.02. The van der Waals surface area contributed by atoms with E-state index in [0.717, 1.165) is 37.4 Å². The third-order valence-corrected chi connectivity index (χ3v) is 2.98. The van der Waals surface area contributed by atoms with Gasteiger partial charge >= 0.3 is 0 Å². The van der Waals surface area contributed by atoms with Gasteiger partial charge in [0.15, 0.2) is 0 Å². The Kier molecular flexibility index (Phi) is 4.18. The van der Waals surface area contributed by atoms with Gasteiger partial charge in [0.25, 0.3) is 0 Å². The number of hydrogen-bond acceptors (Lipinski definition) is 3. The molecule has 1 unspecified atom stereocenters. The highest BCUT2D eigenvalue weighted by Gasteiger charge is 2.14. The molecule has 0 aliphatic carbocycles. The first kappa shape index (κ1) is 12.1. The van der Waals surface area contributed by atoms with Crippen molar-refractivity contribution in [3.8, 4) is 5.75 Å². The van der Waals surface area contributed by atoms with Gasteiger partial charge < -0.3 is 14.8 Å². The molecule has 1 aliphatic rings. The van der Waals surface area contributed by atoms with Crippen LogP contribution in [0.2, 0.25) is 0 Å². The summed E-state index contributed by atoms with van der Waals surface area (Å²) in [5, 5.41) is 3.34. The third-order valence-electron chi connectivity index (χ3n) is 2.98. The van der Waals surface area contributed by atoms with Gasteiger partial charge in [-0.1, -0.05) is 18.7 Å². The van der Waals surface area contributed by atoms with Gasteiger partial charge in [0, 0.05) is 18.7 Å². The standard InChI is InChI=1S/C14H19NO2/c1-3-12-8-11(4-5-14(12)16-2)9-13-10-15-6-7-17-13/h3-5,8,13,15H,1,6-7,9-10H2,2H3. The summed E-state index contributed by atoms with van der Waals surface area (Å²) in [4.78, 5) is 0. The molecular weight excluding hydrogens is 214 g/mol. The molecule has 2 rings (SSSR count). The molecule has 0 radical (unpaired) electrons. The summed E-state index contributed by atoms with van der Waals surface area (Å²) >= 11 is 0. The van der Waals surface area contributed by atoms with Crippen LogP contribution in [0.5, 0.6) is 5.75 Å². The second kappa shape index (κ2) is 5.84. The van der Waals surface area contributed by atoms with Crippen molar-refractivity contribution >= 4 is 6.08 Å². The van der Waals surface area contributed by atoms with Gasteiger partial charge in [-0.3, -0.25) is 0 Å². The molecule has 0 aromatic heterocycles. The summed E-state index contributed by atoms with van der Waals surface area (Å²) < 4.78 is 11.0. The molecule has 1 saturated heterocycles. The Morgan fingerprint density at radius 2 is 2.47 bits per heavy atom. The van der Waals surface area contributed by atoms with Gasteiger partial charge in [-0.25, -0.2) is 0 Å². The van der Waals surface area contributed by atoms with Crippen LogP contribution in [0.3, 0.4) is 0 Å². The minimum Gasteiger partial charge on any atom is -0.496 e. The lowest BCUT2D eigenvalue weighted by Gasteiger charge is -2.23. The van der Waals surface area contributed by atoms with Crippen LogP contribution in [0, 0.1) is 0 Å². The molecule has 1 aromatic rings. The Hall–Kier alpha value is -1.32. The van der Waals surface area contributed by atoms with Crippen molar-refractivity contribution in [2.75, 3.05) is 26.8 Å². The average molecular weight is 233 g/mol. The summed E-state index contributed by atoms with van der Waals surface area (Å²) in [7, 11) is 1.68. The van der Waals surface area contributed by atoms with Crippen LogP contribution in [-0.2, 0) is 11.2 Å². The Bertz CT molecular complexity index is 384. The molecule has 0 saturated carbocycles. The first-order valence-corrected chi connectivity index (χ1v) is 5.95. The Balaban J connectivity index is 2.07. The molecular formula is C14H19NO2. The predicted molar refractivity (Wildman–Crippen MR) is 69.4 cm³/mol. The van der Waals surface area contributed by atoms with Crippen molar-refractivity contribution in [2.24, 2.45) is 0 Å². The van der Waals surface area contributed by atoms with Gasteiger partial charge in [0.05, 0.1) is 19.8 Å². The third kappa shape index (κ3) is 3.08. The molecule has 92 valence electrons. The fraction of sp³-hybridized carbons (Fsp3) is 0.429. The summed E-state index contributed by atoms with van der Waals surface area (Å²) in [5.74, 6) is 0.867. The highest BCUT2D eigenvalue weighted by molar-refractivity contribution is 5.56. The van der Waals surface area contributed by atoms with Gasteiger partial charge in [0.1, 0.15) is 5.75 Å². The number of morpholine rings is 1. The lowest BCUT2D eigenvalue weighted by Crippen LogP contribution is -2.39. The number of nitrogens with one attached hydrogen (secondary N) is 1. The smallest absolute Gasteiger partial charge is 0.126 e. The minimum absolute atomic E-state index is 0.273. The maximum absolute atomic E-state index is 5.69. The molecule has 3 nitrogen and oxygen atoms in total. The monoisotopic (exact) mass is 233 g/mol. The Morgan fingerprint density at radius 1 is 1.59 bits per heavy atom. The maximum Gasteiger partial charge on any atom is 0.126 e. The van der Waals surface area contributed by atoms with Crippen LogP contribution in [0.15, 0.2) is 24.8 Å². The minimum atomic E-state index is 0.273. The van der Waals surface area contributed by atoms with Crippen molar-refractivity contribution in [1.82, 2.24) is 5.32 Å². The summed E-state index contributed by atoms with van der Waals surface area (Å²) in [6, 6.07) is 6.19. The van der Waals surface area contributed by atoms with E-state index in [1.807, 2.05) is 12.1 Å². The van der Waals surface area contributed by atoms with Crippen LogP contribution in [0.1, 0.15) is 11.1 Å². The number of rotatable bonds is 4. The topological polar surface area (TPSA) is 30.5 Å². The van der Waals surface area contributed by atoms with Crippen molar-refractivity contribution in [2.45, 2.75) is 12.5 Å². The SMILES string of the molecule is C=Cc1cc(CC2CNCCO2)ccc1OC. The molecule has 3 heteroatoms. The van der Waals surface area contributed by atoms with Gasteiger partial charge in [0.2, 0.25) is 0 Å². The Labute approximate surface area is 102 Å². The zero-order valence-corrected chi connectivity index (χ0v) is 10.2.